The summed E-state index contributed by atoms with van der Waals surface area (Å²) in [6.45, 7) is 1.44. The van der Waals surface area contributed by atoms with E-state index in [4.69, 9.17) is 11.5 Å². The van der Waals surface area contributed by atoms with Gasteiger partial charge in [-0.2, -0.15) is 0 Å². The number of imide groups is 1. The van der Waals surface area contributed by atoms with E-state index in [1.807, 2.05) is 6.07 Å². The molecule has 18 heteroatoms. The number of carbonyl (C=O) groups excluding carboxylic acids is 9. The van der Waals surface area contributed by atoms with Crippen LogP contribution < -0.4 is 43.4 Å². The molecule has 1 rings (SSSR count). The maximum atomic E-state index is 12.9. The topological polar surface area (TPSA) is 281 Å². The smallest absolute Gasteiger partial charge is 0.251 e. The van der Waals surface area contributed by atoms with Crippen molar-refractivity contribution in [3.05, 3.63) is 35.9 Å². The number of nitrogens with one attached hydrogen (secondary N) is 6. The lowest BCUT2D eigenvalue weighted by molar-refractivity contribution is -0.142. The molecule has 0 aromatic heterocycles. The molecular weight excluding hydrogens is 630 g/mol. The summed E-state index contributed by atoms with van der Waals surface area (Å²) in [5.74, 6) is -5.45. The molecule has 0 aliphatic heterocycles. The second-order valence-corrected chi connectivity index (χ2v) is 10.7. The van der Waals surface area contributed by atoms with Crippen LogP contribution in [0.4, 0.5) is 0 Å². The lowest BCUT2D eigenvalue weighted by Crippen LogP contribution is -2.53. The van der Waals surface area contributed by atoms with E-state index in [0.717, 1.165) is 10.5 Å². The fourth-order valence-corrected chi connectivity index (χ4v) is 4.15. The first-order valence-electron chi connectivity index (χ1n) is 15.3. The van der Waals surface area contributed by atoms with Gasteiger partial charge in [-0.25, -0.2) is 0 Å². The zero-order valence-electron chi connectivity index (χ0n) is 27.0. The highest BCUT2D eigenvalue weighted by Gasteiger charge is 2.27. The van der Waals surface area contributed by atoms with E-state index in [0.29, 0.717) is 12.8 Å². The van der Waals surface area contributed by atoms with Crippen LogP contribution in [0.2, 0.25) is 0 Å². The maximum absolute atomic E-state index is 12.9. The molecule has 1 aromatic rings. The van der Waals surface area contributed by atoms with Crippen molar-refractivity contribution in [3.63, 3.8) is 0 Å². The quantitative estimate of drug-likeness (QED) is 0.0552. The number of amides is 9. The molecule has 0 saturated heterocycles. The lowest BCUT2D eigenvalue weighted by Gasteiger charge is -2.23. The van der Waals surface area contributed by atoms with Crippen LogP contribution in [0.1, 0.15) is 45.1 Å². The maximum Gasteiger partial charge on any atom is 0.251 e. The van der Waals surface area contributed by atoms with E-state index in [1.54, 1.807) is 31.2 Å². The molecule has 0 spiro atoms. The molecule has 1 aromatic carbocycles. The highest BCUT2D eigenvalue weighted by molar-refractivity contribution is 5.95. The summed E-state index contributed by atoms with van der Waals surface area (Å²) in [6, 6.07) is 5.58. The highest BCUT2D eigenvalue weighted by Crippen LogP contribution is 2.05. The molecule has 10 N–H and O–H groups in total. The number of nitrogens with zero attached hydrogens (tertiary/aromatic N) is 1. The largest absolute Gasteiger partial charge is 0.368 e. The van der Waals surface area contributed by atoms with E-state index in [1.165, 1.54) is 6.92 Å². The third-order valence-corrected chi connectivity index (χ3v) is 6.57. The molecule has 18 nitrogen and oxygen atoms in total. The summed E-state index contributed by atoms with van der Waals surface area (Å²) < 4.78 is 0. The van der Waals surface area contributed by atoms with Gasteiger partial charge in [-0.1, -0.05) is 37.3 Å². The number of hydrogen-bond acceptors (Lipinski definition) is 10. The minimum absolute atomic E-state index is 0.0850. The van der Waals surface area contributed by atoms with Crippen LogP contribution in [0.25, 0.3) is 0 Å². The minimum atomic E-state index is -1.25. The van der Waals surface area contributed by atoms with Crippen LogP contribution in [0.3, 0.4) is 0 Å². The van der Waals surface area contributed by atoms with Gasteiger partial charge in [0, 0.05) is 26.4 Å². The highest BCUT2D eigenvalue weighted by atomic mass is 16.2. The van der Waals surface area contributed by atoms with Crippen molar-refractivity contribution in [1.29, 1.82) is 0 Å². The van der Waals surface area contributed by atoms with Crippen molar-refractivity contribution >= 4 is 53.7 Å². The van der Waals surface area contributed by atoms with Crippen LogP contribution in [-0.2, 0) is 49.6 Å². The SMILES string of the molecule is CCCN(C=O)C(=O)[C@H](CCC(=O)NCC[C@H](NC(=O)CNC(=O)[C@H](N)Cc1ccccc1)C(=O)NCC(N)=O)NC(=O)CNC(C)=O. The van der Waals surface area contributed by atoms with E-state index in [2.05, 4.69) is 31.9 Å². The Morgan fingerprint density at radius 3 is 1.98 bits per heavy atom. The van der Waals surface area contributed by atoms with Gasteiger partial charge in [-0.05, 0) is 31.2 Å². The number of rotatable bonds is 22. The molecule has 0 saturated carbocycles. The van der Waals surface area contributed by atoms with E-state index in [9.17, 15) is 43.2 Å². The molecule has 0 unspecified atom stereocenters. The molecule has 9 amide bonds. The Morgan fingerprint density at radius 2 is 1.40 bits per heavy atom. The average Bonchev–Trinajstić information content (AvgIpc) is 3.05. The first-order valence-corrected chi connectivity index (χ1v) is 15.3. The Balaban J connectivity index is 2.76. The summed E-state index contributed by atoms with van der Waals surface area (Å²) in [7, 11) is 0. The molecule has 0 aliphatic rings. The zero-order chi connectivity index (χ0) is 36.1. The summed E-state index contributed by atoms with van der Waals surface area (Å²) >= 11 is 0. The van der Waals surface area contributed by atoms with Gasteiger partial charge in [0.05, 0.1) is 25.7 Å². The van der Waals surface area contributed by atoms with Crippen molar-refractivity contribution in [3.8, 4) is 0 Å². The molecule has 264 valence electrons. The summed E-state index contributed by atoms with van der Waals surface area (Å²) in [5.41, 5.74) is 11.8. The number of hydrogen-bond donors (Lipinski definition) is 8. The molecule has 0 heterocycles. The molecule has 0 radical (unpaired) electrons. The normalized spacial score (nSPS) is 12.2. The number of primary amides is 1. The third-order valence-electron chi connectivity index (χ3n) is 6.57. The fourth-order valence-electron chi connectivity index (χ4n) is 4.15. The van der Waals surface area contributed by atoms with Crippen molar-refractivity contribution in [2.75, 3.05) is 32.7 Å². The first kappa shape index (κ1) is 40.6. The average molecular weight is 676 g/mol. The number of benzene rings is 1. The predicted octanol–water partition coefficient (Wildman–Crippen LogP) is -3.94. The van der Waals surface area contributed by atoms with E-state index < -0.39 is 85.0 Å². The van der Waals surface area contributed by atoms with Crippen LogP contribution in [0.15, 0.2) is 30.3 Å². The standard InChI is InChI=1S/C30H45N9O9/c1-3-13-39(18-40)30(48)23(38-26(44)16-34-19(2)41)9-10-25(43)33-12-11-22(29(47)35-15-24(32)42)37-27(45)17-36-28(46)21(31)14-20-7-5-4-6-8-20/h4-8,18,21-23H,3,9-17,31H2,1-2H3,(H2,32,42)(H,33,43)(H,34,41)(H,35,47)(H,36,46)(H,37,45)(H,38,44)/t21-,22+,23+/m1/s1. The van der Waals surface area contributed by atoms with Gasteiger partial charge < -0.3 is 43.4 Å². The Hall–Kier alpha value is -5.39. The summed E-state index contributed by atoms with van der Waals surface area (Å²) in [6.07, 6.45) is 0.386. The second kappa shape index (κ2) is 22.2. The first-order chi connectivity index (χ1) is 22.8. The van der Waals surface area contributed by atoms with Crippen LogP contribution in [-0.4, -0.2) is 109 Å². The molecular formula is C30H45N9O9. The van der Waals surface area contributed by atoms with Gasteiger partial charge in [0.1, 0.15) is 12.1 Å². The second-order valence-electron chi connectivity index (χ2n) is 10.7. The van der Waals surface area contributed by atoms with Crippen molar-refractivity contribution in [1.82, 2.24) is 36.8 Å². The molecule has 3 atom stereocenters. The Kier molecular flexibility index (Phi) is 18.8. The van der Waals surface area contributed by atoms with Crippen LogP contribution in [0, 0.1) is 0 Å². The number of carbonyl (C=O) groups is 9. The van der Waals surface area contributed by atoms with Gasteiger partial charge in [-0.3, -0.25) is 48.1 Å². The van der Waals surface area contributed by atoms with Crippen molar-refractivity contribution < 1.29 is 43.2 Å². The van der Waals surface area contributed by atoms with Crippen molar-refractivity contribution in [2.24, 2.45) is 11.5 Å². The van der Waals surface area contributed by atoms with Crippen LogP contribution >= 0.6 is 0 Å². The van der Waals surface area contributed by atoms with Gasteiger partial charge in [0.15, 0.2) is 0 Å². The molecule has 0 fully saturated rings. The van der Waals surface area contributed by atoms with Crippen molar-refractivity contribution in [2.45, 2.75) is 64.1 Å². The monoisotopic (exact) mass is 675 g/mol. The van der Waals surface area contributed by atoms with Gasteiger partial charge in [0.2, 0.25) is 47.8 Å². The van der Waals surface area contributed by atoms with Gasteiger partial charge >= 0.3 is 0 Å². The molecule has 0 bridgehead atoms. The Morgan fingerprint density at radius 1 is 0.792 bits per heavy atom. The Bertz CT molecular complexity index is 1290. The minimum Gasteiger partial charge on any atom is -0.368 e. The fraction of sp³-hybridized carbons (Fsp3) is 0.500. The Labute approximate surface area is 277 Å². The van der Waals surface area contributed by atoms with Gasteiger partial charge in [0.25, 0.3) is 5.91 Å². The lowest BCUT2D eigenvalue weighted by atomic mass is 10.1. The van der Waals surface area contributed by atoms with Gasteiger partial charge in [-0.15, -0.1) is 0 Å². The molecule has 48 heavy (non-hydrogen) atoms. The zero-order valence-corrected chi connectivity index (χ0v) is 27.0. The van der Waals surface area contributed by atoms with E-state index >= 15 is 0 Å². The third kappa shape index (κ3) is 16.8. The summed E-state index contributed by atoms with van der Waals surface area (Å²) in [4.78, 5) is 110. The van der Waals surface area contributed by atoms with Crippen LogP contribution in [0.5, 0.6) is 0 Å². The van der Waals surface area contributed by atoms with E-state index in [-0.39, 0.29) is 38.8 Å². The molecule has 0 aliphatic carbocycles. The predicted molar refractivity (Wildman–Crippen MR) is 171 cm³/mol. The number of nitrogens with two attached hydrogens (primary N) is 2. The summed E-state index contributed by atoms with van der Waals surface area (Å²) in [5, 5.41) is 14.3.